The van der Waals surface area contributed by atoms with E-state index in [1.54, 1.807) is 0 Å². The molecule has 0 radical (unpaired) electrons. The van der Waals surface area contributed by atoms with Gasteiger partial charge in [-0.2, -0.15) is 0 Å². The van der Waals surface area contributed by atoms with Crippen molar-refractivity contribution < 1.29 is 9.53 Å². The van der Waals surface area contributed by atoms with Crippen LogP contribution in [0.5, 0.6) is 0 Å². The number of rotatable bonds is 5. The van der Waals surface area contributed by atoms with Gasteiger partial charge in [-0.25, -0.2) is 0 Å². The van der Waals surface area contributed by atoms with Gasteiger partial charge in [0, 0.05) is 39.1 Å². The number of carbonyl (C=O) groups is 1. The Labute approximate surface area is 140 Å². The molecule has 2 heterocycles. The van der Waals surface area contributed by atoms with Crippen LogP contribution in [-0.2, 0) is 9.53 Å². The molecular formula is C14H29Cl2N3O2. The number of ether oxygens (including phenoxy) is 1. The topological polar surface area (TPSA) is 58.8 Å². The summed E-state index contributed by atoms with van der Waals surface area (Å²) in [6.45, 7) is 7.37. The van der Waals surface area contributed by atoms with Crippen LogP contribution in [0.4, 0.5) is 0 Å². The summed E-state index contributed by atoms with van der Waals surface area (Å²) in [6.07, 6.45) is 3.81. The maximum atomic E-state index is 12.0. The third-order valence-electron chi connectivity index (χ3n) is 4.09. The fourth-order valence-corrected chi connectivity index (χ4v) is 3.00. The molecule has 0 spiro atoms. The fraction of sp³-hybridized carbons (Fsp3) is 0.929. The van der Waals surface area contributed by atoms with Gasteiger partial charge in [0.05, 0.1) is 13.2 Å². The lowest BCUT2D eigenvalue weighted by molar-refractivity contribution is -0.133. The van der Waals surface area contributed by atoms with Crippen molar-refractivity contribution in [2.45, 2.75) is 25.7 Å². The van der Waals surface area contributed by atoms with E-state index in [-0.39, 0.29) is 30.7 Å². The van der Waals surface area contributed by atoms with Crippen LogP contribution in [-0.4, -0.2) is 68.2 Å². The SMILES string of the molecule is Cl.Cl.NCCCC(=O)N1CCCC(CN2CCOCC2)C1. The number of nitrogens with two attached hydrogens (primary N) is 1. The second-order valence-corrected chi connectivity index (χ2v) is 5.65. The lowest BCUT2D eigenvalue weighted by atomic mass is 9.97. The second kappa shape index (κ2) is 11.5. The normalized spacial score (nSPS) is 23.1. The van der Waals surface area contributed by atoms with Gasteiger partial charge in [0.25, 0.3) is 0 Å². The van der Waals surface area contributed by atoms with Crippen LogP contribution in [0, 0.1) is 5.92 Å². The van der Waals surface area contributed by atoms with Gasteiger partial charge in [0.2, 0.25) is 5.91 Å². The molecular weight excluding hydrogens is 313 g/mol. The van der Waals surface area contributed by atoms with Crippen molar-refractivity contribution in [3.05, 3.63) is 0 Å². The zero-order valence-electron chi connectivity index (χ0n) is 12.7. The van der Waals surface area contributed by atoms with Gasteiger partial charge >= 0.3 is 0 Å². The number of hydrogen-bond donors (Lipinski definition) is 1. The third-order valence-corrected chi connectivity index (χ3v) is 4.09. The van der Waals surface area contributed by atoms with Gasteiger partial charge in [0.15, 0.2) is 0 Å². The van der Waals surface area contributed by atoms with Gasteiger partial charge in [-0.1, -0.05) is 0 Å². The minimum absolute atomic E-state index is 0. The zero-order valence-corrected chi connectivity index (χ0v) is 14.3. The van der Waals surface area contributed by atoms with Crippen molar-refractivity contribution in [2.24, 2.45) is 11.7 Å². The molecule has 2 aliphatic rings. The van der Waals surface area contributed by atoms with Gasteiger partial charge in [-0.15, -0.1) is 24.8 Å². The van der Waals surface area contributed by atoms with E-state index < -0.39 is 0 Å². The highest BCUT2D eigenvalue weighted by Gasteiger charge is 2.25. The number of piperidine rings is 1. The summed E-state index contributed by atoms with van der Waals surface area (Å²) in [5, 5.41) is 0. The molecule has 0 aromatic rings. The Hall–Kier alpha value is -0.0700. The maximum absolute atomic E-state index is 12.0. The Morgan fingerprint density at radius 1 is 1.19 bits per heavy atom. The van der Waals surface area contributed by atoms with E-state index in [4.69, 9.17) is 10.5 Å². The van der Waals surface area contributed by atoms with E-state index in [2.05, 4.69) is 4.90 Å². The molecule has 2 N–H and O–H groups in total. The molecule has 1 unspecified atom stereocenters. The van der Waals surface area contributed by atoms with E-state index in [1.807, 2.05) is 4.90 Å². The Kier molecular flexibility index (Phi) is 11.5. The summed E-state index contributed by atoms with van der Waals surface area (Å²) in [5.41, 5.74) is 5.47. The van der Waals surface area contributed by atoms with Crippen molar-refractivity contribution in [1.82, 2.24) is 9.80 Å². The quantitative estimate of drug-likeness (QED) is 0.814. The summed E-state index contributed by atoms with van der Waals surface area (Å²) in [4.78, 5) is 16.6. The number of halogens is 2. The summed E-state index contributed by atoms with van der Waals surface area (Å²) in [5.74, 6) is 0.922. The van der Waals surface area contributed by atoms with Crippen molar-refractivity contribution in [3.63, 3.8) is 0 Å². The summed E-state index contributed by atoms with van der Waals surface area (Å²) < 4.78 is 5.37. The van der Waals surface area contributed by atoms with Crippen LogP contribution in [0.1, 0.15) is 25.7 Å². The van der Waals surface area contributed by atoms with Crippen molar-refractivity contribution >= 4 is 30.7 Å². The van der Waals surface area contributed by atoms with E-state index in [0.717, 1.165) is 58.8 Å². The fourth-order valence-electron chi connectivity index (χ4n) is 3.00. The number of nitrogens with zero attached hydrogens (tertiary/aromatic N) is 2. The first-order valence-electron chi connectivity index (χ1n) is 7.57. The molecule has 126 valence electrons. The first-order chi connectivity index (χ1) is 9.29. The third kappa shape index (κ3) is 7.15. The van der Waals surface area contributed by atoms with Crippen molar-refractivity contribution in [2.75, 3.05) is 52.5 Å². The number of hydrogen-bond acceptors (Lipinski definition) is 4. The van der Waals surface area contributed by atoms with Crippen molar-refractivity contribution in [3.8, 4) is 0 Å². The van der Waals surface area contributed by atoms with Gasteiger partial charge < -0.3 is 15.4 Å². The number of morpholine rings is 1. The Balaban J connectivity index is 0.00000200. The Bertz CT molecular complexity index is 289. The molecule has 5 nitrogen and oxygen atoms in total. The van der Waals surface area contributed by atoms with E-state index in [9.17, 15) is 4.79 Å². The number of likely N-dealkylation sites (tertiary alicyclic amines) is 1. The molecule has 0 aromatic heterocycles. The highest BCUT2D eigenvalue weighted by Crippen LogP contribution is 2.19. The van der Waals surface area contributed by atoms with Crippen LogP contribution in [0.3, 0.4) is 0 Å². The number of amides is 1. The molecule has 0 aliphatic carbocycles. The Morgan fingerprint density at radius 2 is 1.90 bits per heavy atom. The molecule has 2 fully saturated rings. The van der Waals surface area contributed by atoms with Crippen LogP contribution in [0.25, 0.3) is 0 Å². The van der Waals surface area contributed by atoms with Crippen LogP contribution in [0.2, 0.25) is 0 Å². The average Bonchev–Trinajstić information content (AvgIpc) is 2.46. The molecule has 0 aromatic carbocycles. The largest absolute Gasteiger partial charge is 0.379 e. The number of carbonyl (C=O) groups excluding carboxylic acids is 1. The molecule has 2 rings (SSSR count). The molecule has 1 atom stereocenters. The predicted octanol–water partition coefficient (Wildman–Crippen LogP) is 1.14. The lowest BCUT2D eigenvalue weighted by Crippen LogP contribution is -2.46. The lowest BCUT2D eigenvalue weighted by Gasteiger charge is -2.36. The standard InChI is InChI=1S/C14H27N3O2.2ClH/c15-5-1-4-14(18)17-6-2-3-13(12-17)11-16-7-9-19-10-8-16;;/h13H,1-12,15H2;2*1H. The maximum Gasteiger partial charge on any atom is 0.222 e. The Morgan fingerprint density at radius 3 is 2.57 bits per heavy atom. The molecule has 0 saturated carbocycles. The van der Waals surface area contributed by atoms with E-state index in [1.165, 1.54) is 6.42 Å². The van der Waals surface area contributed by atoms with Crippen molar-refractivity contribution in [1.29, 1.82) is 0 Å². The predicted molar refractivity (Wildman–Crippen MR) is 89.3 cm³/mol. The van der Waals surface area contributed by atoms with E-state index >= 15 is 0 Å². The van der Waals surface area contributed by atoms with Crippen LogP contribution < -0.4 is 5.73 Å². The molecule has 7 heteroatoms. The molecule has 2 aliphatic heterocycles. The first-order valence-corrected chi connectivity index (χ1v) is 7.57. The second-order valence-electron chi connectivity index (χ2n) is 5.65. The van der Waals surface area contributed by atoms with E-state index in [0.29, 0.717) is 18.9 Å². The minimum atomic E-state index is 0. The minimum Gasteiger partial charge on any atom is -0.379 e. The highest BCUT2D eigenvalue weighted by atomic mass is 35.5. The zero-order chi connectivity index (χ0) is 13.5. The smallest absolute Gasteiger partial charge is 0.222 e. The molecule has 1 amide bonds. The van der Waals surface area contributed by atoms with Crippen LogP contribution >= 0.6 is 24.8 Å². The monoisotopic (exact) mass is 341 g/mol. The van der Waals surface area contributed by atoms with Gasteiger partial charge in [-0.05, 0) is 31.7 Å². The summed E-state index contributed by atoms with van der Waals surface area (Å²) in [7, 11) is 0. The van der Waals surface area contributed by atoms with Gasteiger partial charge in [-0.3, -0.25) is 9.69 Å². The molecule has 21 heavy (non-hydrogen) atoms. The van der Waals surface area contributed by atoms with Crippen LogP contribution in [0.15, 0.2) is 0 Å². The van der Waals surface area contributed by atoms with Gasteiger partial charge in [0.1, 0.15) is 0 Å². The first kappa shape index (κ1) is 20.9. The highest BCUT2D eigenvalue weighted by molar-refractivity contribution is 5.85. The molecule has 2 saturated heterocycles. The summed E-state index contributed by atoms with van der Waals surface area (Å²) in [6, 6.07) is 0. The summed E-state index contributed by atoms with van der Waals surface area (Å²) >= 11 is 0. The molecule has 0 bridgehead atoms. The average molecular weight is 342 g/mol.